The predicted octanol–water partition coefficient (Wildman–Crippen LogP) is 2.78. The Kier molecular flexibility index (Phi) is 4.63. The first kappa shape index (κ1) is 21.6. The van der Waals surface area contributed by atoms with Crippen molar-refractivity contribution in [2.75, 3.05) is 12.3 Å². The molecular weight excluding hydrogens is 410 g/mol. The zero-order valence-corrected chi connectivity index (χ0v) is 19.4. The summed E-state index contributed by atoms with van der Waals surface area (Å²) in [4.78, 5) is 15.5. The number of amides is 1. The van der Waals surface area contributed by atoms with E-state index in [0.29, 0.717) is 11.7 Å². The van der Waals surface area contributed by atoms with Crippen molar-refractivity contribution >= 4 is 16.7 Å². The molecule has 6 heteroatoms. The highest BCUT2D eigenvalue weighted by molar-refractivity contribution is 7.87. The largest absolute Gasteiger partial charge is 0.392 e. The zero-order valence-electron chi connectivity index (χ0n) is 18.6. The van der Waals surface area contributed by atoms with E-state index in [1.54, 1.807) is 12.2 Å². The van der Waals surface area contributed by atoms with Gasteiger partial charge >= 0.3 is 0 Å². The molecule has 2 N–H and O–H groups in total. The van der Waals surface area contributed by atoms with Gasteiger partial charge in [-0.2, -0.15) is 0 Å². The van der Waals surface area contributed by atoms with Gasteiger partial charge in [0, 0.05) is 46.8 Å². The summed E-state index contributed by atoms with van der Waals surface area (Å²) in [6, 6.07) is 0. The van der Waals surface area contributed by atoms with Crippen molar-refractivity contribution in [1.29, 1.82) is 0 Å². The number of fused-ring (bicyclic) bond motifs is 7. The summed E-state index contributed by atoms with van der Waals surface area (Å²) in [7, 11) is -1.53. The highest BCUT2D eigenvalue weighted by Gasteiger charge is 2.77. The van der Waals surface area contributed by atoms with E-state index in [2.05, 4.69) is 33.1 Å². The SMILES string of the molecule is C=CCN1C(=O)[C@@]2(S(=O)C[C@@]34CC[C@@H](C[C@H]3O)C4(C)C)[C@@H]3C=C[C@@H](C3)[C@H]2[C@]1(O)CC=C. The van der Waals surface area contributed by atoms with Crippen LogP contribution < -0.4 is 0 Å². The van der Waals surface area contributed by atoms with Crippen LogP contribution >= 0.6 is 0 Å². The number of hydrogen-bond acceptors (Lipinski definition) is 4. The minimum absolute atomic E-state index is 0.0213. The predicted molar refractivity (Wildman–Crippen MR) is 121 cm³/mol. The van der Waals surface area contributed by atoms with Crippen molar-refractivity contribution in [3.63, 3.8) is 0 Å². The molecule has 31 heavy (non-hydrogen) atoms. The normalized spacial score (nSPS) is 49.6. The van der Waals surface area contributed by atoms with Crippen LogP contribution in [-0.2, 0) is 15.6 Å². The molecular formula is C25H35NO4S. The minimum atomic E-state index is -1.53. The first-order valence-corrected chi connectivity index (χ1v) is 12.9. The van der Waals surface area contributed by atoms with E-state index < -0.39 is 38.7 Å². The van der Waals surface area contributed by atoms with Gasteiger partial charge in [0.1, 0.15) is 10.5 Å². The fourth-order valence-electron chi connectivity index (χ4n) is 8.33. The lowest BCUT2D eigenvalue weighted by Crippen LogP contribution is -2.55. The van der Waals surface area contributed by atoms with Crippen molar-refractivity contribution in [3.8, 4) is 0 Å². The van der Waals surface area contributed by atoms with E-state index in [-0.39, 0.29) is 36.1 Å². The van der Waals surface area contributed by atoms with Crippen LogP contribution in [0.2, 0.25) is 0 Å². The molecule has 4 fully saturated rings. The van der Waals surface area contributed by atoms with E-state index in [0.717, 1.165) is 25.7 Å². The third-order valence-corrected chi connectivity index (χ3v) is 12.3. The molecule has 0 aromatic carbocycles. The third-order valence-electron chi connectivity index (χ3n) is 10.0. The van der Waals surface area contributed by atoms with Gasteiger partial charge in [0.2, 0.25) is 5.91 Å². The van der Waals surface area contributed by atoms with Gasteiger partial charge in [-0.1, -0.05) is 38.2 Å². The quantitative estimate of drug-likeness (QED) is 0.591. The van der Waals surface area contributed by atoms with Crippen molar-refractivity contribution < 1.29 is 19.2 Å². The Morgan fingerprint density at radius 2 is 2.00 bits per heavy atom. The van der Waals surface area contributed by atoms with Gasteiger partial charge in [0.05, 0.1) is 6.10 Å². The summed E-state index contributed by atoms with van der Waals surface area (Å²) in [5, 5.41) is 22.9. The standard InChI is InChI=1S/C25H35NO4S/c1-5-10-24(29)20-16-7-8-18(13-16)25(20,21(28)26(24)12-6-2)31(30)15-23-11-9-17(14-19(23)27)22(23,3)4/h5-8,16-20,27,29H,1-2,9-15H2,3-4H3/t16-,17-,18+,19+,20-,23-,24+,25+,31?/m0/s1. The summed E-state index contributed by atoms with van der Waals surface area (Å²) >= 11 is 0. The average Bonchev–Trinajstić information content (AvgIpc) is 3.45. The molecule has 1 unspecified atom stereocenters. The summed E-state index contributed by atoms with van der Waals surface area (Å²) in [5.74, 6) is -0.0137. The van der Waals surface area contributed by atoms with Crippen LogP contribution in [0.5, 0.6) is 0 Å². The van der Waals surface area contributed by atoms with Crippen molar-refractivity contribution in [3.05, 3.63) is 37.5 Å². The molecule has 170 valence electrons. The summed E-state index contributed by atoms with van der Waals surface area (Å²) < 4.78 is 13.3. The summed E-state index contributed by atoms with van der Waals surface area (Å²) in [6.07, 6.45) is 10.6. The molecule has 0 spiro atoms. The van der Waals surface area contributed by atoms with Gasteiger partial charge in [0.15, 0.2) is 0 Å². The lowest BCUT2D eigenvalue weighted by molar-refractivity contribution is -0.149. The average molecular weight is 446 g/mol. The Balaban J connectivity index is 1.60. The number of allylic oxidation sites excluding steroid dienone is 2. The highest BCUT2D eigenvalue weighted by Crippen LogP contribution is 2.68. The van der Waals surface area contributed by atoms with Gasteiger partial charge < -0.3 is 15.1 Å². The Hall–Kier alpha value is -1.24. The smallest absolute Gasteiger partial charge is 0.245 e. The monoisotopic (exact) mass is 445 g/mol. The topological polar surface area (TPSA) is 77.8 Å². The number of rotatable bonds is 7. The Morgan fingerprint density at radius 3 is 2.58 bits per heavy atom. The highest BCUT2D eigenvalue weighted by atomic mass is 32.2. The molecule has 1 amide bonds. The van der Waals surface area contributed by atoms with Crippen LogP contribution in [0.25, 0.3) is 0 Å². The Bertz CT molecular complexity index is 898. The van der Waals surface area contributed by atoms with Crippen LogP contribution in [0.1, 0.15) is 46.0 Å². The number of carbonyl (C=O) groups is 1. The van der Waals surface area contributed by atoms with Crippen LogP contribution in [0.15, 0.2) is 37.5 Å². The van der Waals surface area contributed by atoms with Gasteiger partial charge in [-0.05, 0) is 42.9 Å². The summed E-state index contributed by atoms with van der Waals surface area (Å²) in [5.41, 5.74) is -1.95. The maximum absolute atomic E-state index is 14.4. The Morgan fingerprint density at radius 1 is 1.26 bits per heavy atom. The number of carbonyl (C=O) groups excluding carboxylic acids is 1. The molecule has 3 saturated carbocycles. The van der Waals surface area contributed by atoms with Crippen molar-refractivity contribution in [1.82, 2.24) is 4.90 Å². The molecule has 4 aliphatic carbocycles. The Labute approximate surface area is 187 Å². The number of aliphatic hydroxyl groups is 2. The molecule has 1 aliphatic heterocycles. The molecule has 9 atom stereocenters. The number of aliphatic hydroxyl groups excluding tert-OH is 1. The van der Waals surface area contributed by atoms with E-state index in [1.165, 1.54) is 4.90 Å². The van der Waals surface area contributed by atoms with E-state index in [4.69, 9.17) is 0 Å². The second-order valence-corrected chi connectivity index (χ2v) is 12.7. The number of hydrogen-bond donors (Lipinski definition) is 2. The molecule has 0 aromatic rings. The molecule has 0 aromatic heterocycles. The lowest BCUT2D eigenvalue weighted by atomic mass is 9.70. The van der Waals surface area contributed by atoms with Crippen molar-refractivity contribution in [2.45, 2.75) is 62.5 Å². The minimum Gasteiger partial charge on any atom is -0.392 e. The first-order valence-electron chi connectivity index (χ1n) is 11.6. The van der Waals surface area contributed by atoms with Crippen LogP contribution in [0.3, 0.4) is 0 Å². The molecule has 5 aliphatic rings. The summed E-state index contributed by atoms with van der Waals surface area (Å²) in [6.45, 7) is 12.2. The number of nitrogens with zero attached hydrogens (tertiary/aromatic N) is 1. The number of likely N-dealkylation sites (tertiary alicyclic amines) is 1. The fourth-order valence-corrected chi connectivity index (χ4v) is 11.2. The van der Waals surface area contributed by atoms with Crippen molar-refractivity contribution in [2.24, 2.45) is 34.5 Å². The molecule has 0 radical (unpaired) electrons. The zero-order chi connectivity index (χ0) is 22.4. The van der Waals surface area contributed by atoms with E-state index in [1.807, 2.05) is 6.08 Å². The van der Waals surface area contributed by atoms with Crippen LogP contribution in [-0.4, -0.2) is 54.1 Å². The van der Waals surface area contributed by atoms with Gasteiger partial charge in [-0.3, -0.25) is 9.00 Å². The molecule has 4 bridgehead atoms. The van der Waals surface area contributed by atoms with E-state index in [9.17, 15) is 19.2 Å². The first-order chi connectivity index (χ1) is 14.6. The van der Waals surface area contributed by atoms with E-state index >= 15 is 0 Å². The van der Waals surface area contributed by atoms with Gasteiger partial charge in [0.25, 0.3) is 0 Å². The molecule has 1 saturated heterocycles. The van der Waals surface area contributed by atoms with Gasteiger partial charge in [-0.15, -0.1) is 13.2 Å². The molecule has 5 rings (SSSR count). The molecule has 1 heterocycles. The fraction of sp³-hybridized carbons (Fsp3) is 0.720. The third kappa shape index (κ3) is 2.29. The van der Waals surface area contributed by atoms with Crippen LogP contribution in [0, 0.1) is 34.5 Å². The second-order valence-electron chi connectivity index (χ2n) is 11.1. The maximum Gasteiger partial charge on any atom is 0.245 e. The lowest BCUT2D eigenvalue weighted by Gasteiger charge is -2.44. The second kappa shape index (κ2) is 6.64. The van der Waals surface area contributed by atoms with Crippen LogP contribution in [0.4, 0.5) is 0 Å². The van der Waals surface area contributed by atoms with Gasteiger partial charge in [-0.25, -0.2) is 0 Å². The maximum atomic E-state index is 14.4. The molecule has 5 nitrogen and oxygen atoms in total.